The van der Waals surface area contributed by atoms with Crippen LogP contribution in [-0.4, -0.2) is 4.98 Å². The summed E-state index contributed by atoms with van der Waals surface area (Å²) in [6, 6.07) is 10.3. The summed E-state index contributed by atoms with van der Waals surface area (Å²) in [6.07, 6.45) is 3.67. The zero-order valence-corrected chi connectivity index (χ0v) is 9.90. The number of benzene rings is 1. The summed E-state index contributed by atoms with van der Waals surface area (Å²) in [4.78, 5) is 4.15. The zero-order valence-electron chi connectivity index (χ0n) is 9.90. The smallest absolute Gasteiger partial charge is 0.134 e. The van der Waals surface area contributed by atoms with Gasteiger partial charge in [-0.1, -0.05) is 12.1 Å². The molecule has 0 aliphatic heterocycles. The van der Waals surface area contributed by atoms with Gasteiger partial charge in [-0.05, 0) is 43.2 Å². The molecule has 0 atom stereocenters. The Kier molecular flexibility index (Phi) is 2.22. The van der Waals surface area contributed by atoms with Gasteiger partial charge in [-0.2, -0.15) is 0 Å². The van der Waals surface area contributed by atoms with Gasteiger partial charge in [0.1, 0.15) is 11.3 Å². The molecule has 2 heteroatoms. The quantitative estimate of drug-likeness (QED) is 0.620. The highest BCUT2D eigenvalue weighted by molar-refractivity contribution is 5.86. The van der Waals surface area contributed by atoms with Gasteiger partial charge >= 0.3 is 0 Å². The van der Waals surface area contributed by atoms with Crippen LogP contribution in [-0.2, 0) is 0 Å². The molecule has 0 spiro atoms. The first kappa shape index (κ1) is 10.1. The molecule has 0 amide bonds. The van der Waals surface area contributed by atoms with Crippen LogP contribution in [0.1, 0.15) is 11.3 Å². The maximum absolute atomic E-state index is 5.67. The minimum Gasteiger partial charge on any atom is -0.461 e. The lowest BCUT2D eigenvalue weighted by molar-refractivity contribution is 0.575. The lowest BCUT2D eigenvalue weighted by Crippen LogP contribution is -1.79. The van der Waals surface area contributed by atoms with E-state index in [4.69, 9.17) is 4.42 Å². The Labute approximate surface area is 99.9 Å². The second kappa shape index (κ2) is 3.74. The van der Waals surface area contributed by atoms with E-state index >= 15 is 0 Å². The van der Waals surface area contributed by atoms with E-state index < -0.39 is 0 Å². The summed E-state index contributed by atoms with van der Waals surface area (Å²) in [5.41, 5.74) is 4.47. The van der Waals surface area contributed by atoms with Gasteiger partial charge in [0.05, 0.1) is 0 Å². The first-order valence-corrected chi connectivity index (χ1v) is 5.66. The standard InChI is InChI=1S/C15H13NO/c1-10-11(2)17-15-6-5-12(8-14(10)15)13-4-3-7-16-9-13/h3-9H,1-2H3. The molecule has 2 aromatic heterocycles. The molecule has 0 unspecified atom stereocenters. The molecule has 2 heterocycles. The lowest BCUT2D eigenvalue weighted by Gasteiger charge is -2.00. The van der Waals surface area contributed by atoms with E-state index in [0.29, 0.717) is 0 Å². The van der Waals surface area contributed by atoms with E-state index in [2.05, 4.69) is 30.1 Å². The van der Waals surface area contributed by atoms with Crippen LogP contribution >= 0.6 is 0 Å². The number of aromatic nitrogens is 1. The molecule has 0 aliphatic carbocycles. The SMILES string of the molecule is Cc1oc2ccc(-c3cccnc3)cc2c1C. The highest BCUT2D eigenvalue weighted by Gasteiger charge is 2.07. The Balaban J connectivity index is 2.23. The molecule has 0 saturated heterocycles. The van der Waals surface area contributed by atoms with Gasteiger partial charge in [0.15, 0.2) is 0 Å². The predicted molar refractivity (Wildman–Crippen MR) is 68.9 cm³/mol. The minimum atomic E-state index is 0.952. The molecule has 17 heavy (non-hydrogen) atoms. The number of hydrogen-bond acceptors (Lipinski definition) is 2. The number of pyridine rings is 1. The van der Waals surface area contributed by atoms with E-state index in [1.807, 2.05) is 25.3 Å². The molecule has 0 saturated carbocycles. The van der Waals surface area contributed by atoms with Crippen LogP contribution in [0.4, 0.5) is 0 Å². The van der Waals surface area contributed by atoms with Crippen LogP contribution in [0.25, 0.3) is 22.1 Å². The van der Waals surface area contributed by atoms with Crippen LogP contribution in [0.3, 0.4) is 0 Å². The highest BCUT2D eigenvalue weighted by Crippen LogP contribution is 2.29. The number of hydrogen-bond donors (Lipinski definition) is 0. The Hall–Kier alpha value is -2.09. The van der Waals surface area contributed by atoms with Crippen molar-refractivity contribution < 1.29 is 4.42 Å². The summed E-state index contributed by atoms with van der Waals surface area (Å²) in [7, 11) is 0. The molecule has 0 fully saturated rings. The van der Waals surface area contributed by atoms with Gasteiger partial charge in [0, 0.05) is 23.3 Å². The van der Waals surface area contributed by atoms with Crippen LogP contribution in [0.5, 0.6) is 0 Å². The fourth-order valence-corrected chi connectivity index (χ4v) is 2.06. The maximum Gasteiger partial charge on any atom is 0.134 e. The fourth-order valence-electron chi connectivity index (χ4n) is 2.06. The Morgan fingerprint density at radius 1 is 1.06 bits per heavy atom. The summed E-state index contributed by atoms with van der Waals surface area (Å²) >= 11 is 0. The van der Waals surface area contributed by atoms with Crippen molar-refractivity contribution in [1.29, 1.82) is 0 Å². The summed E-state index contributed by atoms with van der Waals surface area (Å²) in [6.45, 7) is 4.09. The number of furan rings is 1. The van der Waals surface area contributed by atoms with E-state index in [1.54, 1.807) is 6.20 Å². The molecule has 84 valence electrons. The van der Waals surface area contributed by atoms with Gasteiger partial charge in [-0.15, -0.1) is 0 Å². The molecule has 0 aliphatic rings. The van der Waals surface area contributed by atoms with Gasteiger partial charge in [0.25, 0.3) is 0 Å². The predicted octanol–water partition coefficient (Wildman–Crippen LogP) is 4.11. The third kappa shape index (κ3) is 1.62. The van der Waals surface area contributed by atoms with Gasteiger partial charge < -0.3 is 4.42 Å². The third-order valence-corrected chi connectivity index (χ3v) is 3.17. The molecule has 2 nitrogen and oxygen atoms in total. The van der Waals surface area contributed by atoms with Gasteiger partial charge in [-0.3, -0.25) is 4.98 Å². The van der Waals surface area contributed by atoms with Crippen molar-refractivity contribution in [2.75, 3.05) is 0 Å². The van der Waals surface area contributed by atoms with E-state index in [-0.39, 0.29) is 0 Å². The molecular formula is C15H13NO. The largest absolute Gasteiger partial charge is 0.461 e. The first-order valence-electron chi connectivity index (χ1n) is 5.66. The van der Waals surface area contributed by atoms with Crippen molar-refractivity contribution in [3.8, 4) is 11.1 Å². The van der Waals surface area contributed by atoms with Gasteiger partial charge in [0.2, 0.25) is 0 Å². The normalized spacial score (nSPS) is 10.9. The number of nitrogens with zero attached hydrogens (tertiary/aromatic N) is 1. The van der Waals surface area contributed by atoms with Crippen molar-refractivity contribution >= 4 is 11.0 Å². The Morgan fingerprint density at radius 2 is 1.94 bits per heavy atom. The molecule has 0 N–H and O–H groups in total. The minimum absolute atomic E-state index is 0.952. The average molecular weight is 223 g/mol. The second-order valence-corrected chi connectivity index (χ2v) is 4.24. The number of rotatable bonds is 1. The van der Waals surface area contributed by atoms with Gasteiger partial charge in [-0.25, -0.2) is 0 Å². The maximum atomic E-state index is 5.67. The molecule has 3 aromatic rings. The Bertz CT molecular complexity index is 668. The second-order valence-electron chi connectivity index (χ2n) is 4.24. The molecule has 3 rings (SSSR count). The lowest BCUT2D eigenvalue weighted by atomic mass is 10.0. The van der Waals surface area contributed by atoms with Crippen molar-refractivity contribution in [2.24, 2.45) is 0 Å². The summed E-state index contributed by atoms with van der Waals surface area (Å²) < 4.78 is 5.67. The monoisotopic (exact) mass is 223 g/mol. The average Bonchev–Trinajstić information content (AvgIpc) is 2.66. The molecule has 0 radical (unpaired) electrons. The Morgan fingerprint density at radius 3 is 2.71 bits per heavy atom. The summed E-state index contributed by atoms with van der Waals surface area (Å²) in [5, 5.41) is 1.18. The topological polar surface area (TPSA) is 26.0 Å². The fraction of sp³-hybridized carbons (Fsp3) is 0.133. The third-order valence-electron chi connectivity index (χ3n) is 3.17. The zero-order chi connectivity index (χ0) is 11.8. The molecule has 1 aromatic carbocycles. The number of fused-ring (bicyclic) bond motifs is 1. The van der Waals surface area contributed by atoms with E-state index in [0.717, 1.165) is 16.9 Å². The molecule has 0 bridgehead atoms. The highest BCUT2D eigenvalue weighted by atomic mass is 16.3. The van der Waals surface area contributed by atoms with E-state index in [1.165, 1.54) is 16.5 Å². The molecular weight excluding hydrogens is 210 g/mol. The van der Waals surface area contributed by atoms with E-state index in [9.17, 15) is 0 Å². The van der Waals surface area contributed by atoms with Crippen molar-refractivity contribution in [1.82, 2.24) is 4.98 Å². The van der Waals surface area contributed by atoms with Crippen LogP contribution in [0.15, 0.2) is 47.1 Å². The van der Waals surface area contributed by atoms with Crippen LogP contribution < -0.4 is 0 Å². The first-order chi connectivity index (χ1) is 8.25. The van der Waals surface area contributed by atoms with Crippen molar-refractivity contribution in [3.63, 3.8) is 0 Å². The van der Waals surface area contributed by atoms with Crippen LogP contribution in [0.2, 0.25) is 0 Å². The van der Waals surface area contributed by atoms with Crippen molar-refractivity contribution in [3.05, 3.63) is 54.0 Å². The van der Waals surface area contributed by atoms with Crippen LogP contribution in [0, 0.1) is 13.8 Å². The summed E-state index contributed by atoms with van der Waals surface area (Å²) in [5.74, 6) is 0.989. The van der Waals surface area contributed by atoms with Crippen molar-refractivity contribution in [2.45, 2.75) is 13.8 Å². The number of aryl methyl sites for hydroxylation is 2.